The Labute approximate surface area is 162 Å². The van der Waals surface area contributed by atoms with E-state index in [1.165, 1.54) is 12.1 Å². The quantitative estimate of drug-likeness (QED) is 0.606. The van der Waals surface area contributed by atoms with Crippen LogP contribution < -0.4 is 5.32 Å². The highest BCUT2D eigenvalue weighted by Gasteiger charge is 2.52. The van der Waals surface area contributed by atoms with Crippen LogP contribution in [0.1, 0.15) is 31.2 Å². The Morgan fingerprint density at radius 2 is 1.96 bits per heavy atom. The first-order valence-electron chi connectivity index (χ1n) is 9.57. The van der Waals surface area contributed by atoms with Gasteiger partial charge >= 0.3 is 5.97 Å². The monoisotopic (exact) mass is 385 g/mol. The lowest BCUT2D eigenvalue weighted by Gasteiger charge is -2.38. The van der Waals surface area contributed by atoms with Gasteiger partial charge in [-0.3, -0.25) is 19.7 Å². The number of carbonyl (C=O) groups excluding carboxylic acids is 1. The number of nitrogens with one attached hydrogen (secondary N) is 1. The first-order valence-corrected chi connectivity index (χ1v) is 9.57. The van der Waals surface area contributed by atoms with Crippen molar-refractivity contribution in [3.05, 3.63) is 46.0 Å². The van der Waals surface area contributed by atoms with Crippen LogP contribution in [-0.4, -0.2) is 52.5 Å². The molecule has 1 saturated carbocycles. The summed E-state index contributed by atoms with van der Waals surface area (Å²) in [6.07, 6.45) is 5.23. The van der Waals surface area contributed by atoms with Crippen LogP contribution >= 0.6 is 0 Å². The van der Waals surface area contributed by atoms with E-state index in [0.29, 0.717) is 32.5 Å². The van der Waals surface area contributed by atoms with Gasteiger partial charge in [-0.2, -0.15) is 0 Å². The van der Waals surface area contributed by atoms with E-state index in [2.05, 4.69) is 5.32 Å². The van der Waals surface area contributed by atoms with Gasteiger partial charge in [-0.25, -0.2) is 0 Å². The second-order valence-corrected chi connectivity index (χ2v) is 8.08. The number of hydrogen-bond donors (Lipinski definition) is 2. The van der Waals surface area contributed by atoms with Gasteiger partial charge in [0, 0.05) is 31.8 Å². The van der Waals surface area contributed by atoms with Gasteiger partial charge in [-0.1, -0.05) is 6.08 Å². The smallest absolute Gasteiger partial charge is 0.308 e. The third-order valence-electron chi connectivity index (χ3n) is 6.26. The standard InChI is InChI=1S/C20H23N3O5/c24-18(17-16(19(25)26)11-20(7-8-20)12-21-17)22-9-5-14(6-10-22)13-1-3-15(4-2-13)23(27)28/h1-5,16-17,21H,6-12H2,(H,25,26). The van der Waals surface area contributed by atoms with Crippen LogP contribution in [0.4, 0.5) is 5.69 Å². The largest absolute Gasteiger partial charge is 0.481 e. The summed E-state index contributed by atoms with van der Waals surface area (Å²) in [5.74, 6) is -1.73. The molecule has 2 N–H and O–H groups in total. The number of nitro groups is 1. The minimum absolute atomic E-state index is 0.0495. The molecule has 1 aromatic carbocycles. The zero-order valence-electron chi connectivity index (χ0n) is 15.5. The summed E-state index contributed by atoms with van der Waals surface area (Å²) in [7, 11) is 0. The highest BCUT2D eigenvalue weighted by atomic mass is 16.6. The Balaban J connectivity index is 1.42. The number of carbonyl (C=O) groups is 2. The maximum atomic E-state index is 13.0. The number of non-ortho nitro benzene ring substituents is 1. The van der Waals surface area contributed by atoms with Crippen LogP contribution in [-0.2, 0) is 9.59 Å². The fourth-order valence-corrected chi connectivity index (χ4v) is 4.30. The first kappa shape index (κ1) is 18.6. The van der Waals surface area contributed by atoms with Gasteiger partial charge in [0.2, 0.25) is 5.91 Å². The lowest BCUT2D eigenvalue weighted by molar-refractivity contribution is -0.384. The molecule has 2 atom stereocenters. The SMILES string of the molecule is O=C(O)C1CC2(CC2)CNC1C(=O)N1CC=C(c2ccc([N+](=O)[O-])cc2)CC1. The van der Waals surface area contributed by atoms with Gasteiger partial charge in [0.15, 0.2) is 0 Å². The molecule has 1 spiro atoms. The minimum atomic E-state index is -0.907. The molecule has 2 heterocycles. The van der Waals surface area contributed by atoms with Crippen molar-refractivity contribution in [1.82, 2.24) is 10.2 Å². The van der Waals surface area contributed by atoms with Crippen molar-refractivity contribution in [2.75, 3.05) is 19.6 Å². The number of carboxylic acid groups (broad SMARTS) is 1. The molecular weight excluding hydrogens is 362 g/mol. The van der Waals surface area contributed by atoms with Crippen molar-refractivity contribution in [2.45, 2.75) is 31.7 Å². The number of amides is 1. The maximum Gasteiger partial charge on any atom is 0.308 e. The molecule has 2 unspecified atom stereocenters. The lowest BCUT2D eigenvalue weighted by atomic mass is 9.81. The molecule has 1 aliphatic carbocycles. The Kier molecular flexibility index (Phi) is 4.66. The van der Waals surface area contributed by atoms with Crippen molar-refractivity contribution >= 4 is 23.1 Å². The van der Waals surface area contributed by atoms with E-state index in [1.807, 2.05) is 6.08 Å². The highest BCUT2D eigenvalue weighted by molar-refractivity contribution is 5.88. The van der Waals surface area contributed by atoms with E-state index in [1.54, 1.807) is 17.0 Å². The van der Waals surface area contributed by atoms with Gasteiger partial charge in [0.05, 0.1) is 10.8 Å². The van der Waals surface area contributed by atoms with E-state index in [9.17, 15) is 24.8 Å². The number of piperidine rings is 1. The number of hydrogen-bond acceptors (Lipinski definition) is 5. The van der Waals surface area contributed by atoms with E-state index < -0.39 is 22.9 Å². The minimum Gasteiger partial charge on any atom is -0.481 e. The van der Waals surface area contributed by atoms with E-state index in [-0.39, 0.29) is 17.0 Å². The number of rotatable bonds is 4. The van der Waals surface area contributed by atoms with Gasteiger partial charge in [0.25, 0.3) is 5.69 Å². The molecule has 8 nitrogen and oxygen atoms in total. The van der Waals surface area contributed by atoms with E-state index in [4.69, 9.17) is 0 Å². The van der Waals surface area contributed by atoms with Gasteiger partial charge in [-0.05, 0) is 54.4 Å². The number of benzene rings is 1. The van der Waals surface area contributed by atoms with Crippen LogP contribution in [0.2, 0.25) is 0 Å². The fraction of sp³-hybridized carbons (Fsp3) is 0.500. The van der Waals surface area contributed by atoms with Crippen LogP contribution in [0.25, 0.3) is 5.57 Å². The topological polar surface area (TPSA) is 113 Å². The maximum absolute atomic E-state index is 13.0. The molecule has 1 amide bonds. The molecule has 2 aliphatic heterocycles. The summed E-state index contributed by atoms with van der Waals surface area (Å²) in [6, 6.07) is 5.73. The lowest BCUT2D eigenvalue weighted by Crippen LogP contribution is -2.57. The summed E-state index contributed by atoms with van der Waals surface area (Å²) in [5, 5.41) is 23.6. The Morgan fingerprint density at radius 1 is 1.25 bits per heavy atom. The van der Waals surface area contributed by atoms with E-state index in [0.717, 1.165) is 24.0 Å². The molecule has 1 aromatic rings. The molecule has 1 saturated heterocycles. The summed E-state index contributed by atoms with van der Waals surface area (Å²) < 4.78 is 0. The summed E-state index contributed by atoms with van der Waals surface area (Å²) in [5.41, 5.74) is 2.09. The third kappa shape index (κ3) is 3.52. The van der Waals surface area contributed by atoms with Crippen LogP contribution in [0.15, 0.2) is 30.3 Å². The third-order valence-corrected chi connectivity index (χ3v) is 6.26. The second-order valence-electron chi connectivity index (χ2n) is 8.08. The van der Waals surface area contributed by atoms with Gasteiger partial charge < -0.3 is 15.3 Å². The Bertz CT molecular complexity index is 844. The molecule has 148 valence electrons. The average molecular weight is 385 g/mol. The van der Waals surface area contributed by atoms with Crippen LogP contribution in [0, 0.1) is 21.4 Å². The molecule has 0 radical (unpaired) electrons. The Morgan fingerprint density at radius 3 is 2.50 bits per heavy atom. The number of nitro benzene ring substituents is 1. The molecule has 0 bridgehead atoms. The van der Waals surface area contributed by atoms with Gasteiger partial charge in [0.1, 0.15) is 6.04 Å². The molecule has 4 rings (SSSR count). The predicted octanol–water partition coefficient (Wildman–Crippen LogP) is 2.05. The normalized spacial score (nSPS) is 25.9. The zero-order valence-corrected chi connectivity index (χ0v) is 15.5. The molecule has 3 aliphatic rings. The zero-order chi connectivity index (χ0) is 19.9. The van der Waals surface area contributed by atoms with Gasteiger partial charge in [-0.15, -0.1) is 0 Å². The molecule has 2 fully saturated rings. The summed E-state index contributed by atoms with van der Waals surface area (Å²) >= 11 is 0. The molecule has 28 heavy (non-hydrogen) atoms. The van der Waals surface area contributed by atoms with Crippen LogP contribution in [0.3, 0.4) is 0 Å². The second kappa shape index (κ2) is 7.01. The Hall–Kier alpha value is -2.74. The summed E-state index contributed by atoms with van der Waals surface area (Å²) in [6.45, 7) is 1.64. The molecule has 8 heteroatoms. The number of carboxylic acids is 1. The summed E-state index contributed by atoms with van der Waals surface area (Å²) in [4.78, 5) is 36.7. The highest BCUT2D eigenvalue weighted by Crippen LogP contribution is 2.52. The molecule has 0 aromatic heterocycles. The predicted molar refractivity (Wildman–Crippen MR) is 101 cm³/mol. The fourth-order valence-electron chi connectivity index (χ4n) is 4.30. The van der Waals surface area contributed by atoms with Crippen molar-refractivity contribution < 1.29 is 19.6 Å². The van der Waals surface area contributed by atoms with Crippen molar-refractivity contribution in [3.63, 3.8) is 0 Å². The van der Waals surface area contributed by atoms with Crippen molar-refractivity contribution in [3.8, 4) is 0 Å². The van der Waals surface area contributed by atoms with E-state index >= 15 is 0 Å². The average Bonchev–Trinajstić information content (AvgIpc) is 3.46. The number of nitrogens with zero attached hydrogens (tertiary/aromatic N) is 2. The first-order chi connectivity index (χ1) is 13.4. The van der Waals surface area contributed by atoms with Crippen molar-refractivity contribution in [2.24, 2.45) is 11.3 Å². The van der Waals surface area contributed by atoms with Crippen LogP contribution in [0.5, 0.6) is 0 Å². The number of aliphatic carboxylic acids is 1. The van der Waals surface area contributed by atoms with Crippen molar-refractivity contribution in [1.29, 1.82) is 0 Å². The molecular formula is C20H23N3O5.